The number of thioether (sulfide) groups is 1. The molecule has 0 spiro atoms. The van der Waals surface area contributed by atoms with E-state index < -0.39 is 9.84 Å². The molecule has 8 heteroatoms. The van der Waals surface area contributed by atoms with Gasteiger partial charge in [-0.05, 0) is 19.8 Å². The van der Waals surface area contributed by atoms with Crippen LogP contribution in [0.25, 0.3) is 0 Å². The van der Waals surface area contributed by atoms with Gasteiger partial charge in [0.1, 0.15) is 0 Å². The molecule has 2 aliphatic rings. The molecule has 0 aromatic heterocycles. The van der Waals surface area contributed by atoms with Gasteiger partial charge in [0.05, 0.1) is 17.3 Å². The Morgan fingerprint density at radius 2 is 2.04 bits per heavy atom. The van der Waals surface area contributed by atoms with Gasteiger partial charge in [0.2, 0.25) is 11.8 Å². The van der Waals surface area contributed by atoms with Crippen molar-refractivity contribution in [3.8, 4) is 0 Å². The summed E-state index contributed by atoms with van der Waals surface area (Å²) >= 11 is 1.45. The molecule has 0 aromatic rings. The fraction of sp³-hybridized carbons (Fsp3) is 0.750. The first-order valence-corrected chi connectivity index (χ1v) is 11.2. The molecule has 0 aliphatic carbocycles. The van der Waals surface area contributed by atoms with Crippen LogP contribution in [0.4, 0.5) is 0 Å². The molecule has 2 unspecified atom stereocenters. The maximum atomic E-state index is 12.5. The van der Waals surface area contributed by atoms with E-state index in [1.54, 1.807) is 6.08 Å². The second kappa shape index (κ2) is 8.38. The van der Waals surface area contributed by atoms with Gasteiger partial charge < -0.3 is 9.80 Å². The summed E-state index contributed by atoms with van der Waals surface area (Å²) in [5.74, 6) is 0.824. The first kappa shape index (κ1) is 19.3. The molecule has 0 bridgehead atoms. The monoisotopic (exact) mass is 374 g/mol. The van der Waals surface area contributed by atoms with Gasteiger partial charge in [-0.3, -0.25) is 9.59 Å². The van der Waals surface area contributed by atoms with Crippen molar-refractivity contribution in [2.45, 2.75) is 37.5 Å². The highest BCUT2D eigenvalue weighted by molar-refractivity contribution is 8.02. The highest BCUT2D eigenvalue weighted by Crippen LogP contribution is 2.25. The van der Waals surface area contributed by atoms with Crippen molar-refractivity contribution in [3.05, 3.63) is 12.7 Å². The van der Waals surface area contributed by atoms with E-state index in [1.165, 1.54) is 11.8 Å². The number of hydrogen-bond donors (Lipinski definition) is 0. The average molecular weight is 375 g/mol. The lowest BCUT2D eigenvalue weighted by Crippen LogP contribution is -2.44. The van der Waals surface area contributed by atoms with E-state index in [0.717, 1.165) is 6.42 Å². The average Bonchev–Trinajstić information content (AvgIpc) is 2.74. The van der Waals surface area contributed by atoms with Crippen LogP contribution in [0.3, 0.4) is 0 Å². The molecule has 136 valence electrons. The summed E-state index contributed by atoms with van der Waals surface area (Å²) in [5.41, 5.74) is 0. The summed E-state index contributed by atoms with van der Waals surface area (Å²) in [6.07, 6.45) is 3.33. The van der Waals surface area contributed by atoms with Crippen molar-refractivity contribution in [2.75, 3.05) is 36.9 Å². The lowest BCUT2D eigenvalue weighted by Gasteiger charge is -2.29. The summed E-state index contributed by atoms with van der Waals surface area (Å²) in [5, 5.41) is 0.0361. The predicted octanol–water partition coefficient (Wildman–Crippen LogP) is 0.932. The quantitative estimate of drug-likeness (QED) is 0.670. The van der Waals surface area contributed by atoms with Crippen LogP contribution in [-0.2, 0) is 19.4 Å². The van der Waals surface area contributed by atoms with Gasteiger partial charge in [0, 0.05) is 37.3 Å². The number of hydrogen-bond acceptors (Lipinski definition) is 5. The Hall–Kier alpha value is -1.02. The molecule has 2 heterocycles. The van der Waals surface area contributed by atoms with Crippen LogP contribution < -0.4 is 0 Å². The summed E-state index contributed by atoms with van der Waals surface area (Å²) in [4.78, 5) is 28.2. The van der Waals surface area contributed by atoms with Crippen molar-refractivity contribution in [3.63, 3.8) is 0 Å². The molecule has 2 rings (SSSR count). The number of carbonyl (C=O) groups excluding carboxylic acids is 2. The van der Waals surface area contributed by atoms with Gasteiger partial charge in [-0.25, -0.2) is 8.42 Å². The molecular formula is C16H26N2O4S2. The van der Waals surface area contributed by atoms with E-state index in [-0.39, 0.29) is 34.6 Å². The zero-order valence-electron chi connectivity index (χ0n) is 14.1. The van der Waals surface area contributed by atoms with E-state index in [4.69, 9.17) is 0 Å². The van der Waals surface area contributed by atoms with Crippen LogP contribution in [0.2, 0.25) is 0 Å². The molecule has 0 N–H and O–H groups in total. The van der Waals surface area contributed by atoms with Crippen molar-refractivity contribution >= 4 is 33.4 Å². The molecule has 2 amide bonds. The van der Waals surface area contributed by atoms with Crippen LogP contribution in [0.1, 0.15) is 26.2 Å². The lowest BCUT2D eigenvalue weighted by atomic mass is 10.2. The van der Waals surface area contributed by atoms with Crippen LogP contribution >= 0.6 is 11.8 Å². The van der Waals surface area contributed by atoms with Gasteiger partial charge in [-0.15, -0.1) is 18.3 Å². The van der Waals surface area contributed by atoms with Crippen LogP contribution in [0.5, 0.6) is 0 Å². The van der Waals surface area contributed by atoms with Crippen molar-refractivity contribution in [1.82, 2.24) is 9.80 Å². The SMILES string of the molecule is C=CCC(=O)N1CCCN(C(=O)CSC2CCS(=O)(=O)C2)CC1C. The fourth-order valence-electron chi connectivity index (χ4n) is 3.17. The Balaban J connectivity index is 1.84. The van der Waals surface area contributed by atoms with Gasteiger partial charge in [0.15, 0.2) is 9.84 Å². The first-order chi connectivity index (χ1) is 11.3. The number of rotatable bonds is 5. The molecule has 2 aliphatic heterocycles. The predicted molar refractivity (Wildman–Crippen MR) is 96.7 cm³/mol. The highest BCUT2D eigenvalue weighted by atomic mass is 32.2. The van der Waals surface area contributed by atoms with Crippen molar-refractivity contribution < 1.29 is 18.0 Å². The molecule has 2 atom stereocenters. The van der Waals surface area contributed by atoms with E-state index in [0.29, 0.717) is 38.2 Å². The van der Waals surface area contributed by atoms with Crippen LogP contribution in [-0.4, -0.2) is 78.2 Å². The van der Waals surface area contributed by atoms with E-state index in [1.807, 2.05) is 16.7 Å². The van der Waals surface area contributed by atoms with Crippen molar-refractivity contribution in [1.29, 1.82) is 0 Å². The van der Waals surface area contributed by atoms with E-state index >= 15 is 0 Å². The summed E-state index contributed by atoms with van der Waals surface area (Å²) < 4.78 is 23.0. The Labute approximate surface area is 148 Å². The second-order valence-electron chi connectivity index (χ2n) is 6.46. The topological polar surface area (TPSA) is 74.8 Å². The summed E-state index contributed by atoms with van der Waals surface area (Å²) in [6, 6.07) is -0.0132. The Morgan fingerprint density at radius 3 is 2.67 bits per heavy atom. The van der Waals surface area contributed by atoms with Gasteiger partial charge in [-0.2, -0.15) is 0 Å². The van der Waals surface area contributed by atoms with Gasteiger partial charge in [-0.1, -0.05) is 6.08 Å². The largest absolute Gasteiger partial charge is 0.340 e. The Bertz CT molecular complexity index is 591. The number of sulfone groups is 1. The standard InChI is InChI=1S/C16H26N2O4S2/c1-3-5-15(19)18-8-4-7-17(10-13(18)2)16(20)11-23-14-6-9-24(21,22)12-14/h3,13-14H,1,4-12H2,2H3. The molecule has 2 fully saturated rings. The molecule has 0 saturated carbocycles. The van der Waals surface area contributed by atoms with Crippen LogP contribution in [0.15, 0.2) is 12.7 Å². The molecular weight excluding hydrogens is 348 g/mol. The van der Waals surface area contributed by atoms with E-state index in [9.17, 15) is 18.0 Å². The van der Waals surface area contributed by atoms with Crippen molar-refractivity contribution in [2.24, 2.45) is 0 Å². The number of nitrogens with zero attached hydrogens (tertiary/aromatic N) is 2. The molecule has 24 heavy (non-hydrogen) atoms. The molecule has 0 aromatic carbocycles. The van der Waals surface area contributed by atoms with E-state index in [2.05, 4.69) is 6.58 Å². The Kier molecular flexibility index (Phi) is 6.74. The zero-order valence-corrected chi connectivity index (χ0v) is 15.8. The molecule has 6 nitrogen and oxygen atoms in total. The van der Waals surface area contributed by atoms with Gasteiger partial charge >= 0.3 is 0 Å². The number of carbonyl (C=O) groups is 2. The number of amides is 2. The van der Waals surface area contributed by atoms with Gasteiger partial charge in [0.25, 0.3) is 0 Å². The minimum Gasteiger partial charge on any atom is -0.340 e. The minimum absolute atomic E-state index is 0.0132. The molecule has 2 saturated heterocycles. The lowest BCUT2D eigenvalue weighted by molar-refractivity contribution is -0.134. The highest BCUT2D eigenvalue weighted by Gasteiger charge is 2.30. The fourth-order valence-corrected chi connectivity index (χ4v) is 6.72. The maximum absolute atomic E-state index is 12.5. The van der Waals surface area contributed by atoms with Crippen LogP contribution in [0, 0.1) is 0 Å². The third-order valence-corrected chi connectivity index (χ3v) is 7.74. The third-order valence-electron chi connectivity index (χ3n) is 4.47. The second-order valence-corrected chi connectivity index (χ2v) is 9.98. The maximum Gasteiger partial charge on any atom is 0.232 e. The third kappa shape index (κ3) is 5.24. The summed E-state index contributed by atoms with van der Waals surface area (Å²) in [7, 11) is -2.90. The molecule has 0 radical (unpaired) electrons. The minimum atomic E-state index is -2.90. The zero-order chi connectivity index (χ0) is 17.7. The Morgan fingerprint density at radius 1 is 1.29 bits per heavy atom. The normalized spacial score (nSPS) is 26.9. The first-order valence-electron chi connectivity index (χ1n) is 8.32. The smallest absolute Gasteiger partial charge is 0.232 e. The summed E-state index contributed by atoms with van der Waals surface area (Å²) in [6.45, 7) is 7.40.